The molecule has 1 saturated heterocycles. The quantitative estimate of drug-likeness (QED) is 0.519. The average molecular weight is 411 g/mol. The normalized spacial score (nSPS) is 15.3. The van der Waals surface area contributed by atoms with Crippen molar-refractivity contribution in [1.29, 1.82) is 0 Å². The Bertz CT molecular complexity index is 999. The first-order chi connectivity index (χ1) is 14.6. The van der Waals surface area contributed by atoms with Crippen LogP contribution >= 0.6 is 0 Å². The van der Waals surface area contributed by atoms with Crippen LogP contribution in [0.1, 0.15) is 73.5 Å². The molecule has 1 aliphatic rings. The molecule has 0 N–H and O–H groups in total. The minimum atomic E-state index is 0.488. The van der Waals surface area contributed by atoms with E-state index in [1.807, 2.05) is 13.1 Å². The van der Waals surface area contributed by atoms with Crippen LogP contribution in [0.25, 0.3) is 11.0 Å². The van der Waals surface area contributed by atoms with Crippen LogP contribution in [0.2, 0.25) is 0 Å². The van der Waals surface area contributed by atoms with Gasteiger partial charge in [0.2, 0.25) is 0 Å². The maximum Gasteiger partial charge on any atom is 0.161 e. The summed E-state index contributed by atoms with van der Waals surface area (Å²) >= 11 is 0. The first kappa shape index (κ1) is 21.0. The van der Waals surface area contributed by atoms with Gasteiger partial charge >= 0.3 is 0 Å². The Labute approximate surface area is 178 Å². The van der Waals surface area contributed by atoms with Gasteiger partial charge in [-0.3, -0.25) is 4.68 Å². The molecule has 0 aromatic carbocycles. The van der Waals surface area contributed by atoms with Crippen LogP contribution in [0.15, 0.2) is 6.20 Å². The maximum absolute atomic E-state index is 5.52. The van der Waals surface area contributed by atoms with Gasteiger partial charge in [-0.25, -0.2) is 14.6 Å². The number of nitrogens with zero attached hydrogens (tertiary/aromatic N) is 6. The standard InChI is InChI=1S/C23H34N6O/c1-5-8-22-20-15-24-18(4)25-23(20)28(26-22)12-7-6-9-21-16(2)17(3)29(27-21)19-10-13-30-14-11-19/h15,19H,5-14H2,1-4H3. The van der Waals surface area contributed by atoms with Gasteiger partial charge in [0.1, 0.15) is 5.82 Å². The van der Waals surface area contributed by atoms with Crippen LogP contribution < -0.4 is 0 Å². The second-order valence-electron chi connectivity index (χ2n) is 8.48. The molecular formula is C23H34N6O. The van der Waals surface area contributed by atoms with Crippen molar-refractivity contribution >= 4 is 11.0 Å². The molecule has 162 valence electrons. The zero-order valence-electron chi connectivity index (χ0n) is 18.8. The molecule has 7 nitrogen and oxygen atoms in total. The van der Waals surface area contributed by atoms with E-state index < -0.39 is 0 Å². The molecule has 3 aromatic rings. The number of aromatic nitrogens is 6. The summed E-state index contributed by atoms with van der Waals surface area (Å²) in [5.41, 5.74) is 6.00. The van der Waals surface area contributed by atoms with Gasteiger partial charge in [-0.1, -0.05) is 13.3 Å². The third-order valence-electron chi connectivity index (χ3n) is 6.29. The number of ether oxygens (including phenoxy) is 1. The molecule has 7 heteroatoms. The van der Waals surface area contributed by atoms with E-state index in [0.717, 1.165) is 87.3 Å². The molecule has 0 bridgehead atoms. The summed E-state index contributed by atoms with van der Waals surface area (Å²) in [6, 6.07) is 0.488. The third-order valence-corrected chi connectivity index (χ3v) is 6.29. The molecule has 1 aliphatic heterocycles. The number of aryl methyl sites for hydroxylation is 4. The van der Waals surface area contributed by atoms with Crippen LogP contribution in [0.4, 0.5) is 0 Å². The highest BCUT2D eigenvalue weighted by Crippen LogP contribution is 2.25. The van der Waals surface area contributed by atoms with Gasteiger partial charge in [-0.2, -0.15) is 10.2 Å². The second-order valence-corrected chi connectivity index (χ2v) is 8.48. The summed E-state index contributed by atoms with van der Waals surface area (Å²) in [6.07, 6.45) is 9.28. The lowest BCUT2D eigenvalue weighted by Crippen LogP contribution is -2.21. The average Bonchev–Trinajstić information content (AvgIpc) is 3.23. The van der Waals surface area contributed by atoms with Crippen molar-refractivity contribution in [3.63, 3.8) is 0 Å². The first-order valence-electron chi connectivity index (χ1n) is 11.4. The summed E-state index contributed by atoms with van der Waals surface area (Å²) in [5, 5.41) is 10.9. The van der Waals surface area contributed by atoms with Crippen molar-refractivity contribution in [1.82, 2.24) is 29.5 Å². The Morgan fingerprint density at radius 2 is 1.83 bits per heavy atom. The largest absolute Gasteiger partial charge is 0.381 e. The fourth-order valence-electron chi connectivity index (χ4n) is 4.42. The van der Waals surface area contributed by atoms with Crippen molar-refractivity contribution < 1.29 is 4.74 Å². The van der Waals surface area contributed by atoms with Gasteiger partial charge in [-0.15, -0.1) is 0 Å². The van der Waals surface area contributed by atoms with Crippen molar-refractivity contribution in [2.24, 2.45) is 0 Å². The van der Waals surface area contributed by atoms with Gasteiger partial charge in [-0.05, 0) is 64.9 Å². The second kappa shape index (κ2) is 9.25. The summed E-state index contributed by atoms with van der Waals surface area (Å²) < 4.78 is 9.85. The summed E-state index contributed by atoms with van der Waals surface area (Å²) in [4.78, 5) is 9.04. The summed E-state index contributed by atoms with van der Waals surface area (Å²) in [5.74, 6) is 0.802. The monoisotopic (exact) mass is 410 g/mol. The predicted octanol–water partition coefficient (Wildman–Crippen LogP) is 4.27. The molecule has 0 aliphatic carbocycles. The van der Waals surface area contributed by atoms with Crippen molar-refractivity contribution in [2.45, 2.75) is 85.2 Å². The molecule has 4 rings (SSSR count). The van der Waals surface area contributed by atoms with Gasteiger partial charge in [0.05, 0.1) is 22.8 Å². The van der Waals surface area contributed by atoms with E-state index in [1.165, 1.54) is 17.0 Å². The number of unbranched alkanes of at least 4 members (excludes halogenated alkanes) is 1. The molecule has 3 aromatic heterocycles. The summed E-state index contributed by atoms with van der Waals surface area (Å²) in [7, 11) is 0. The molecule has 0 atom stereocenters. The van der Waals surface area contributed by atoms with Crippen molar-refractivity contribution in [2.75, 3.05) is 13.2 Å². The fourth-order valence-corrected chi connectivity index (χ4v) is 4.42. The lowest BCUT2D eigenvalue weighted by molar-refractivity contribution is 0.0655. The van der Waals surface area contributed by atoms with Gasteiger partial charge < -0.3 is 4.74 Å². The lowest BCUT2D eigenvalue weighted by atomic mass is 10.1. The topological polar surface area (TPSA) is 70.7 Å². The lowest BCUT2D eigenvalue weighted by Gasteiger charge is -2.23. The van der Waals surface area contributed by atoms with Crippen LogP contribution in [0.3, 0.4) is 0 Å². The molecular weight excluding hydrogens is 376 g/mol. The van der Waals surface area contributed by atoms with Gasteiger partial charge in [0.15, 0.2) is 5.65 Å². The fraction of sp³-hybridized carbons (Fsp3) is 0.652. The molecule has 30 heavy (non-hydrogen) atoms. The molecule has 0 unspecified atom stereocenters. The molecule has 0 amide bonds. The Balaban J connectivity index is 1.40. The Kier molecular flexibility index (Phi) is 6.46. The van der Waals surface area contributed by atoms with Crippen LogP contribution in [0, 0.1) is 20.8 Å². The zero-order chi connectivity index (χ0) is 21.1. The van der Waals surface area contributed by atoms with E-state index in [9.17, 15) is 0 Å². The van der Waals surface area contributed by atoms with Crippen molar-refractivity contribution in [3.05, 3.63) is 34.7 Å². The van der Waals surface area contributed by atoms with E-state index in [1.54, 1.807) is 0 Å². The molecule has 0 radical (unpaired) electrons. The van der Waals surface area contributed by atoms with E-state index in [2.05, 4.69) is 40.1 Å². The maximum atomic E-state index is 5.52. The van der Waals surface area contributed by atoms with E-state index in [4.69, 9.17) is 14.9 Å². The predicted molar refractivity (Wildman–Crippen MR) is 118 cm³/mol. The van der Waals surface area contributed by atoms with Crippen molar-refractivity contribution in [3.8, 4) is 0 Å². The number of rotatable bonds is 8. The highest BCUT2D eigenvalue weighted by atomic mass is 16.5. The molecule has 0 spiro atoms. The third kappa shape index (κ3) is 4.26. The Morgan fingerprint density at radius 3 is 2.60 bits per heavy atom. The van der Waals surface area contributed by atoms with E-state index >= 15 is 0 Å². The minimum Gasteiger partial charge on any atom is -0.381 e. The highest BCUT2D eigenvalue weighted by Gasteiger charge is 2.21. The molecule has 4 heterocycles. The Hall–Kier alpha value is -2.28. The first-order valence-corrected chi connectivity index (χ1v) is 11.4. The number of hydrogen-bond acceptors (Lipinski definition) is 5. The highest BCUT2D eigenvalue weighted by molar-refractivity contribution is 5.77. The summed E-state index contributed by atoms with van der Waals surface area (Å²) in [6.45, 7) is 11.1. The Morgan fingerprint density at radius 1 is 1.03 bits per heavy atom. The number of hydrogen-bond donors (Lipinski definition) is 0. The van der Waals surface area contributed by atoms with E-state index in [-0.39, 0.29) is 0 Å². The minimum absolute atomic E-state index is 0.488. The molecule has 0 saturated carbocycles. The van der Waals surface area contributed by atoms with Crippen LogP contribution in [-0.2, 0) is 24.1 Å². The van der Waals surface area contributed by atoms with Gasteiger partial charge in [0, 0.05) is 31.6 Å². The van der Waals surface area contributed by atoms with Crippen LogP contribution in [-0.4, -0.2) is 42.7 Å². The van der Waals surface area contributed by atoms with Gasteiger partial charge in [0.25, 0.3) is 0 Å². The van der Waals surface area contributed by atoms with Crippen LogP contribution in [0.5, 0.6) is 0 Å². The zero-order valence-corrected chi connectivity index (χ0v) is 18.8. The van der Waals surface area contributed by atoms with E-state index in [0.29, 0.717) is 6.04 Å². The number of fused-ring (bicyclic) bond motifs is 1. The SMILES string of the molecule is CCCc1nn(CCCCc2nn(C3CCOCC3)c(C)c2C)c2nc(C)ncc12. The molecule has 1 fully saturated rings. The smallest absolute Gasteiger partial charge is 0.161 e.